The number of rotatable bonds is 7. The summed E-state index contributed by atoms with van der Waals surface area (Å²) in [7, 11) is -3.88. The molecule has 3 aromatic rings. The van der Waals surface area contributed by atoms with Crippen molar-refractivity contribution in [3.05, 3.63) is 88.5 Å². The molecule has 184 valence electrons. The number of carbonyl (C=O) groups excluding carboxylic acids is 1. The van der Waals surface area contributed by atoms with Gasteiger partial charge in [-0.1, -0.05) is 55.8 Å². The summed E-state index contributed by atoms with van der Waals surface area (Å²) in [5.41, 5.74) is 5.77. The van der Waals surface area contributed by atoms with E-state index in [0.717, 1.165) is 29.5 Å². The van der Waals surface area contributed by atoms with Crippen LogP contribution in [0.15, 0.2) is 65.6 Å². The number of ether oxygens (including phenoxy) is 1. The van der Waals surface area contributed by atoms with Gasteiger partial charge in [0.2, 0.25) is 0 Å². The lowest BCUT2D eigenvalue weighted by Crippen LogP contribution is -2.50. The molecule has 7 heteroatoms. The van der Waals surface area contributed by atoms with Gasteiger partial charge in [0.25, 0.3) is 15.9 Å². The summed E-state index contributed by atoms with van der Waals surface area (Å²) in [6.45, 7) is 8.25. The fourth-order valence-electron chi connectivity index (χ4n) is 4.27. The third-order valence-corrected chi connectivity index (χ3v) is 8.19. The highest BCUT2D eigenvalue weighted by atomic mass is 32.2. The van der Waals surface area contributed by atoms with Gasteiger partial charge in [-0.25, -0.2) is 8.42 Å². The van der Waals surface area contributed by atoms with E-state index in [1.54, 1.807) is 36.4 Å². The largest absolute Gasteiger partial charge is 0.476 e. The quantitative estimate of drug-likeness (QED) is 0.519. The first kappa shape index (κ1) is 24.8. The molecule has 0 aromatic heterocycles. The normalized spacial score (nSPS) is 15.3. The van der Waals surface area contributed by atoms with Gasteiger partial charge in [0.05, 0.1) is 17.1 Å². The molecule has 0 saturated heterocycles. The van der Waals surface area contributed by atoms with Gasteiger partial charge in [0.1, 0.15) is 5.75 Å². The van der Waals surface area contributed by atoms with Gasteiger partial charge in [0, 0.05) is 6.54 Å². The number of amides is 1. The molecule has 1 heterocycles. The number of benzene rings is 3. The van der Waals surface area contributed by atoms with E-state index in [4.69, 9.17) is 4.74 Å². The third-order valence-electron chi connectivity index (χ3n) is 6.40. The zero-order valence-corrected chi connectivity index (χ0v) is 21.5. The maximum atomic E-state index is 13.6. The lowest BCUT2D eigenvalue weighted by molar-refractivity contribution is -0.127. The second-order valence-corrected chi connectivity index (χ2v) is 10.8. The van der Waals surface area contributed by atoms with Crippen LogP contribution in [0.1, 0.15) is 41.7 Å². The second kappa shape index (κ2) is 10.1. The molecule has 35 heavy (non-hydrogen) atoms. The molecule has 1 N–H and O–H groups in total. The van der Waals surface area contributed by atoms with Crippen LogP contribution in [0.3, 0.4) is 0 Å². The molecule has 0 fully saturated rings. The lowest BCUT2D eigenvalue weighted by Gasteiger charge is -2.35. The lowest BCUT2D eigenvalue weighted by atomic mass is 10.0. The van der Waals surface area contributed by atoms with Crippen LogP contribution in [0.5, 0.6) is 5.75 Å². The number of nitrogens with zero attached hydrogens (tertiary/aromatic N) is 1. The molecule has 0 radical (unpaired) electrons. The highest BCUT2D eigenvalue weighted by molar-refractivity contribution is 7.92. The monoisotopic (exact) mass is 492 g/mol. The molecule has 3 aromatic carbocycles. The fourth-order valence-corrected chi connectivity index (χ4v) is 5.74. The molecule has 0 bridgehead atoms. The number of nitrogens with one attached hydrogen (secondary N) is 1. The molecule has 0 unspecified atom stereocenters. The predicted octanol–water partition coefficient (Wildman–Crippen LogP) is 4.70. The Hall–Kier alpha value is -3.32. The Morgan fingerprint density at radius 3 is 2.34 bits per heavy atom. The van der Waals surface area contributed by atoms with E-state index in [1.165, 1.54) is 15.4 Å². The van der Waals surface area contributed by atoms with Crippen LogP contribution in [-0.2, 0) is 34.2 Å². The van der Waals surface area contributed by atoms with Crippen molar-refractivity contribution in [2.24, 2.45) is 0 Å². The highest BCUT2D eigenvalue weighted by Gasteiger charge is 2.37. The molecule has 1 atom stereocenters. The standard InChI is InChI=1S/C28H32N2O4S/c1-5-21-10-11-22(6-2)23(16-21)17-29-28(31)27-18-30(25-14-9-20(4)15-26(25)34-27)35(32,33)24-12-7-19(3)8-13-24/h7-16,27H,5-6,17-18H2,1-4H3,(H,29,31)/t27-/m1/s1. The summed E-state index contributed by atoms with van der Waals surface area (Å²) in [6, 6.07) is 18.4. The second-order valence-electron chi connectivity index (χ2n) is 8.95. The Labute approximate surface area is 208 Å². The number of carbonyl (C=O) groups is 1. The van der Waals surface area contributed by atoms with Gasteiger partial charge in [0.15, 0.2) is 6.10 Å². The summed E-state index contributed by atoms with van der Waals surface area (Å²) in [4.78, 5) is 13.4. The summed E-state index contributed by atoms with van der Waals surface area (Å²) in [5.74, 6) is 0.0412. The predicted molar refractivity (Wildman–Crippen MR) is 138 cm³/mol. The van der Waals surface area contributed by atoms with Crippen molar-refractivity contribution in [1.29, 1.82) is 0 Å². The van der Waals surface area contributed by atoms with Crippen LogP contribution < -0.4 is 14.4 Å². The average molecular weight is 493 g/mol. The van der Waals surface area contributed by atoms with Gasteiger partial charge in [-0.15, -0.1) is 0 Å². The van der Waals surface area contributed by atoms with Crippen molar-refractivity contribution in [1.82, 2.24) is 5.32 Å². The van der Waals surface area contributed by atoms with Gasteiger partial charge >= 0.3 is 0 Å². The number of aryl methyl sites for hydroxylation is 4. The third kappa shape index (κ3) is 5.20. The highest BCUT2D eigenvalue weighted by Crippen LogP contribution is 2.37. The Morgan fingerprint density at radius 2 is 1.66 bits per heavy atom. The number of hydrogen-bond donors (Lipinski definition) is 1. The van der Waals surface area contributed by atoms with Crippen LogP contribution in [-0.4, -0.2) is 27.0 Å². The zero-order chi connectivity index (χ0) is 25.2. The SMILES string of the molecule is CCc1ccc(CC)c(CNC(=O)[C@H]2CN(S(=O)(=O)c3ccc(C)cc3)c3ccc(C)cc3O2)c1. The molecule has 0 spiro atoms. The zero-order valence-electron chi connectivity index (χ0n) is 20.7. The molecular weight excluding hydrogens is 460 g/mol. The van der Waals surface area contributed by atoms with E-state index in [-0.39, 0.29) is 17.3 Å². The molecule has 4 rings (SSSR count). The summed E-state index contributed by atoms with van der Waals surface area (Å²) >= 11 is 0. The van der Waals surface area contributed by atoms with Gasteiger partial charge in [-0.05, 0) is 73.2 Å². The van der Waals surface area contributed by atoms with Gasteiger partial charge in [-0.2, -0.15) is 0 Å². The van der Waals surface area contributed by atoms with E-state index in [9.17, 15) is 13.2 Å². The minimum atomic E-state index is -3.88. The Bertz CT molecular complexity index is 1330. The number of hydrogen-bond acceptors (Lipinski definition) is 4. The molecule has 0 aliphatic carbocycles. The van der Waals surface area contributed by atoms with E-state index in [0.29, 0.717) is 18.0 Å². The van der Waals surface area contributed by atoms with Crippen LogP contribution in [0, 0.1) is 13.8 Å². The smallest absolute Gasteiger partial charge is 0.264 e. The van der Waals surface area contributed by atoms with E-state index < -0.39 is 16.1 Å². The maximum Gasteiger partial charge on any atom is 0.264 e. The van der Waals surface area contributed by atoms with E-state index in [1.807, 2.05) is 19.9 Å². The molecule has 0 saturated carbocycles. The Morgan fingerprint density at radius 1 is 0.943 bits per heavy atom. The average Bonchev–Trinajstić information content (AvgIpc) is 2.86. The van der Waals surface area contributed by atoms with Crippen molar-refractivity contribution >= 4 is 21.6 Å². The van der Waals surface area contributed by atoms with Crippen LogP contribution in [0.25, 0.3) is 0 Å². The molecule has 1 aliphatic heterocycles. The topological polar surface area (TPSA) is 75.7 Å². The molecule has 6 nitrogen and oxygen atoms in total. The van der Waals surface area contributed by atoms with Crippen LogP contribution in [0.4, 0.5) is 5.69 Å². The summed E-state index contributed by atoms with van der Waals surface area (Å²) in [5, 5.41) is 2.97. The van der Waals surface area contributed by atoms with Crippen molar-refractivity contribution < 1.29 is 17.9 Å². The first-order valence-corrected chi connectivity index (χ1v) is 13.4. The van der Waals surface area contributed by atoms with E-state index in [2.05, 4.69) is 37.4 Å². The number of sulfonamides is 1. The van der Waals surface area contributed by atoms with Crippen molar-refractivity contribution in [2.45, 2.75) is 58.1 Å². The Balaban J connectivity index is 1.61. The minimum absolute atomic E-state index is 0.103. The summed E-state index contributed by atoms with van der Waals surface area (Å²) < 4.78 is 34.5. The molecule has 1 aliphatic rings. The first-order valence-electron chi connectivity index (χ1n) is 12.0. The fraction of sp³-hybridized carbons (Fsp3) is 0.321. The summed E-state index contributed by atoms with van der Waals surface area (Å²) in [6.07, 6.45) is 0.812. The molecule has 1 amide bonds. The van der Waals surface area contributed by atoms with E-state index >= 15 is 0 Å². The van der Waals surface area contributed by atoms with Gasteiger partial charge < -0.3 is 10.1 Å². The molecular formula is C28H32N2O4S. The first-order chi connectivity index (χ1) is 16.7. The maximum absolute atomic E-state index is 13.6. The van der Waals surface area contributed by atoms with Gasteiger partial charge in [-0.3, -0.25) is 9.10 Å². The minimum Gasteiger partial charge on any atom is -0.476 e. The van der Waals surface area contributed by atoms with Crippen LogP contribution in [0.2, 0.25) is 0 Å². The van der Waals surface area contributed by atoms with Crippen molar-refractivity contribution in [2.75, 3.05) is 10.8 Å². The Kier molecular flexibility index (Phi) is 7.17. The van der Waals surface area contributed by atoms with Crippen molar-refractivity contribution in [3.63, 3.8) is 0 Å². The number of anilines is 1. The number of fused-ring (bicyclic) bond motifs is 1. The van der Waals surface area contributed by atoms with Crippen molar-refractivity contribution in [3.8, 4) is 5.75 Å². The van der Waals surface area contributed by atoms with Crippen LogP contribution >= 0.6 is 0 Å².